The summed E-state index contributed by atoms with van der Waals surface area (Å²) >= 11 is 0. The van der Waals surface area contributed by atoms with Crippen molar-refractivity contribution in [3.8, 4) is 0 Å². The van der Waals surface area contributed by atoms with Gasteiger partial charge in [-0.1, -0.05) is 18.2 Å². The molecule has 1 atom stereocenters. The number of hydrogen-bond donors (Lipinski definition) is 0. The first-order valence-electron chi connectivity index (χ1n) is 9.23. The third kappa shape index (κ3) is 4.68. The van der Waals surface area contributed by atoms with Crippen LogP contribution in [-0.2, 0) is 24.7 Å². The van der Waals surface area contributed by atoms with Crippen LogP contribution in [0.1, 0.15) is 12.8 Å². The van der Waals surface area contributed by atoms with Crippen molar-refractivity contribution in [1.82, 2.24) is 4.31 Å². The van der Waals surface area contributed by atoms with E-state index in [2.05, 4.69) is 0 Å². The van der Waals surface area contributed by atoms with E-state index in [1.54, 1.807) is 49.5 Å². The van der Waals surface area contributed by atoms with Crippen molar-refractivity contribution in [2.45, 2.75) is 22.6 Å². The Balaban J connectivity index is 1.75. The number of carbonyl (C=O) groups is 1. The average Bonchev–Trinajstić information content (AvgIpc) is 2.73. The van der Waals surface area contributed by atoms with Gasteiger partial charge in [0.15, 0.2) is 9.84 Å². The van der Waals surface area contributed by atoms with Gasteiger partial charge in [-0.3, -0.25) is 4.79 Å². The summed E-state index contributed by atoms with van der Waals surface area (Å²) < 4.78 is 50.3. The smallest absolute Gasteiger partial charge is 0.243 e. The molecule has 0 bridgehead atoms. The van der Waals surface area contributed by atoms with Crippen LogP contribution in [-0.4, -0.2) is 53.4 Å². The number of carbonyl (C=O) groups excluding carboxylic acids is 1. The fourth-order valence-corrected chi connectivity index (χ4v) is 5.60. The number of nitrogens with zero attached hydrogens (tertiary/aromatic N) is 2. The molecule has 1 unspecified atom stereocenters. The standard InChI is InChI=1S/C20H24N2O5S2/c1-21(17-10-12-18(13-11-17)28(2,24)25)20(23)16-7-6-14-22(15-16)29(26,27)19-8-4-3-5-9-19/h3-5,8-13,16H,6-7,14-15H2,1-2H3. The van der Waals surface area contributed by atoms with Gasteiger partial charge in [0.1, 0.15) is 0 Å². The summed E-state index contributed by atoms with van der Waals surface area (Å²) in [6.07, 6.45) is 2.33. The lowest BCUT2D eigenvalue weighted by Crippen LogP contribution is -2.45. The van der Waals surface area contributed by atoms with Crippen molar-refractivity contribution < 1.29 is 21.6 Å². The van der Waals surface area contributed by atoms with E-state index in [9.17, 15) is 21.6 Å². The van der Waals surface area contributed by atoms with Gasteiger partial charge in [-0.05, 0) is 49.2 Å². The number of piperidine rings is 1. The predicted octanol–water partition coefficient (Wildman–Crippen LogP) is 2.15. The lowest BCUT2D eigenvalue weighted by atomic mass is 9.98. The molecule has 1 amide bonds. The molecule has 2 aromatic carbocycles. The molecule has 7 nitrogen and oxygen atoms in total. The van der Waals surface area contributed by atoms with E-state index in [4.69, 9.17) is 0 Å². The molecule has 0 spiro atoms. The molecular formula is C20H24N2O5S2. The van der Waals surface area contributed by atoms with Crippen LogP contribution in [0.15, 0.2) is 64.4 Å². The van der Waals surface area contributed by atoms with E-state index in [1.165, 1.54) is 21.3 Å². The quantitative estimate of drug-likeness (QED) is 0.716. The first-order valence-corrected chi connectivity index (χ1v) is 12.6. The summed E-state index contributed by atoms with van der Waals surface area (Å²) in [4.78, 5) is 14.8. The minimum Gasteiger partial charge on any atom is -0.315 e. The normalized spacial score (nSPS) is 18.3. The Morgan fingerprint density at radius 1 is 0.966 bits per heavy atom. The molecule has 1 saturated heterocycles. The number of sulfone groups is 1. The van der Waals surface area contributed by atoms with Gasteiger partial charge < -0.3 is 4.90 Å². The van der Waals surface area contributed by atoms with Gasteiger partial charge in [0, 0.05) is 32.1 Å². The number of hydrogen-bond acceptors (Lipinski definition) is 5. The van der Waals surface area contributed by atoms with Crippen LogP contribution < -0.4 is 4.90 Å². The molecule has 0 aromatic heterocycles. The third-order valence-electron chi connectivity index (χ3n) is 5.10. The second kappa shape index (κ2) is 8.25. The molecular weight excluding hydrogens is 412 g/mol. The maximum Gasteiger partial charge on any atom is 0.243 e. The average molecular weight is 437 g/mol. The van der Waals surface area contributed by atoms with Crippen LogP contribution in [0, 0.1) is 5.92 Å². The Kier molecular flexibility index (Phi) is 6.11. The Bertz CT molecular complexity index is 1080. The number of rotatable bonds is 5. The van der Waals surface area contributed by atoms with Crippen LogP contribution in [0.2, 0.25) is 0 Å². The molecule has 0 aliphatic carbocycles. The van der Waals surface area contributed by atoms with Gasteiger partial charge >= 0.3 is 0 Å². The molecule has 0 N–H and O–H groups in total. The summed E-state index contributed by atoms with van der Waals surface area (Å²) in [5.74, 6) is -0.646. The van der Waals surface area contributed by atoms with E-state index in [0.29, 0.717) is 25.1 Å². The zero-order chi connectivity index (χ0) is 21.2. The van der Waals surface area contributed by atoms with Gasteiger partial charge in [0.2, 0.25) is 15.9 Å². The number of benzene rings is 2. The highest BCUT2D eigenvalue weighted by Gasteiger charge is 2.34. The molecule has 9 heteroatoms. The van der Waals surface area contributed by atoms with Gasteiger partial charge in [-0.2, -0.15) is 4.31 Å². The van der Waals surface area contributed by atoms with Crippen LogP contribution in [0.25, 0.3) is 0 Å². The Labute approximate surface area is 171 Å². The topological polar surface area (TPSA) is 91.8 Å². The first kappa shape index (κ1) is 21.5. The van der Waals surface area contributed by atoms with Crippen molar-refractivity contribution in [1.29, 1.82) is 0 Å². The largest absolute Gasteiger partial charge is 0.315 e. The van der Waals surface area contributed by atoms with Crippen molar-refractivity contribution in [3.05, 3.63) is 54.6 Å². The van der Waals surface area contributed by atoms with E-state index in [-0.39, 0.29) is 22.2 Å². The summed E-state index contributed by atoms with van der Waals surface area (Å²) in [5.41, 5.74) is 0.561. The molecule has 1 aliphatic heterocycles. The fourth-order valence-electron chi connectivity index (χ4n) is 3.42. The number of anilines is 1. The summed E-state index contributed by atoms with van der Waals surface area (Å²) in [6.45, 7) is 0.510. The first-order chi connectivity index (χ1) is 13.6. The molecule has 1 heterocycles. The minimum atomic E-state index is -3.64. The van der Waals surface area contributed by atoms with Crippen molar-refractivity contribution in [3.63, 3.8) is 0 Å². The van der Waals surface area contributed by atoms with E-state index < -0.39 is 25.8 Å². The molecule has 0 radical (unpaired) electrons. The maximum atomic E-state index is 13.0. The SMILES string of the molecule is CN(C(=O)C1CCCN(S(=O)(=O)c2ccccc2)C1)c1ccc(S(C)(=O)=O)cc1. The molecule has 2 aromatic rings. The molecule has 3 rings (SSSR count). The van der Waals surface area contributed by atoms with Gasteiger partial charge in [0.25, 0.3) is 0 Å². The minimum absolute atomic E-state index is 0.127. The van der Waals surface area contributed by atoms with Crippen LogP contribution in [0.3, 0.4) is 0 Å². The Hall–Kier alpha value is -2.23. The molecule has 1 aliphatic rings. The molecule has 1 fully saturated rings. The highest BCUT2D eigenvalue weighted by atomic mass is 32.2. The third-order valence-corrected chi connectivity index (χ3v) is 8.10. The summed E-state index contributed by atoms with van der Waals surface area (Å²) in [6, 6.07) is 14.3. The predicted molar refractivity (Wildman–Crippen MR) is 111 cm³/mol. The second-order valence-corrected chi connectivity index (χ2v) is 11.1. The van der Waals surface area contributed by atoms with Crippen molar-refractivity contribution in [2.24, 2.45) is 5.92 Å². The lowest BCUT2D eigenvalue weighted by Gasteiger charge is -2.33. The summed E-state index contributed by atoms with van der Waals surface area (Å²) in [5, 5.41) is 0. The Morgan fingerprint density at radius 2 is 1.59 bits per heavy atom. The lowest BCUT2D eigenvalue weighted by molar-refractivity contribution is -0.123. The molecule has 156 valence electrons. The van der Waals surface area contributed by atoms with Crippen molar-refractivity contribution in [2.75, 3.05) is 31.3 Å². The highest BCUT2D eigenvalue weighted by Crippen LogP contribution is 2.26. The second-order valence-electron chi connectivity index (χ2n) is 7.18. The van der Waals surface area contributed by atoms with Crippen LogP contribution in [0.4, 0.5) is 5.69 Å². The van der Waals surface area contributed by atoms with E-state index in [0.717, 1.165) is 6.26 Å². The molecule has 0 saturated carbocycles. The maximum absolute atomic E-state index is 13.0. The summed E-state index contributed by atoms with van der Waals surface area (Å²) in [7, 11) is -5.34. The van der Waals surface area contributed by atoms with Gasteiger partial charge in [-0.25, -0.2) is 16.8 Å². The van der Waals surface area contributed by atoms with E-state index >= 15 is 0 Å². The van der Waals surface area contributed by atoms with Gasteiger partial charge in [0.05, 0.1) is 15.7 Å². The highest BCUT2D eigenvalue weighted by molar-refractivity contribution is 7.90. The van der Waals surface area contributed by atoms with Crippen molar-refractivity contribution >= 4 is 31.5 Å². The molecule has 29 heavy (non-hydrogen) atoms. The van der Waals surface area contributed by atoms with Crippen LogP contribution in [0.5, 0.6) is 0 Å². The number of amides is 1. The van der Waals surface area contributed by atoms with Gasteiger partial charge in [-0.15, -0.1) is 0 Å². The zero-order valence-electron chi connectivity index (χ0n) is 16.4. The fraction of sp³-hybridized carbons (Fsp3) is 0.350. The van der Waals surface area contributed by atoms with Crippen LogP contribution >= 0.6 is 0 Å². The zero-order valence-corrected chi connectivity index (χ0v) is 18.0. The monoisotopic (exact) mass is 436 g/mol. The number of sulfonamides is 1. The van der Waals surface area contributed by atoms with E-state index in [1.807, 2.05) is 0 Å². The Morgan fingerprint density at radius 3 is 2.17 bits per heavy atom.